The fraction of sp³-hybridized carbons (Fsp3) is 0.486. The van der Waals surface area contributed by atoms with E-state index < -0.39 is 11.7 Å². The number of halogens is 4. The third-order valence-corrected chi connectivity index (χ3v) is 9.33. The van der Waals surface area contributed by atoms with Crippen LogP contribution in [0.1, 0.15) is 50.9 Å². The van der Waals surface area contributed by atoms with E-state index in [4.69, 9.17) is 16.3 Å². The first-order chi connectivity index (χ1) is 27.3. The highest BCUT2D eigenvalue weighted by Crippen LogP contribution is 2.33. The number of aliphatic hydroxyl groups excluding tert-OH is 1. The predicted molar refractivity (Wildman–Crippen MR) is 213 cm³/mol. The molecule has 0 saturated carbocycles. The molecule has 1 aromatic carbocycles. The van der Waals surface area contributed by atoms with Crippen LogP contribution in [0.5, 0.6) is 0 Å². The Hall–Kier alpha value is -5.43. The van der Waals surface area contributed by atoms with E-state index in [9.17, 15) is 32.7 Å². The van der Waals surface area contributed by atoms with Crippen molar-refractivity contribution in [2.75, 3.05) is 65.0 Å². The molecule has 57 heavy (non-hydrogen) atoms. The van der Waals surface area contributed by atoms with Gasteiger partial charge in [0, 0.05) is 51.2 Å². The van der Waals surface area contributed by atoms with Crippen LogP contribution in [0.3, 0.4) is 0 Å². The molecule has 6 rings (SSSR count). The van der Waals surface area contributed by atoms with E-state index in [2.05, 4.69) is 44.3 Å². The molecule has 4 aliphatic heterocycles. The lowest BCUT2D eigenvalue weighted by molar-refractivity contribution is -0.137. The van der Waals surface area contributed by atoms with Crippen LogP contribution in [0, 0.1) is 0 Å². The van der Waals surface area contributed by atoms with Gasteiger partial charge in [-0.2, -0.15) is 23.4 Å². The smallest absolute Gasteiger partial charge is 0.416 e. The number of amides is 2. The van der Waals surface area contributed by atoms with Gasteiger partial charge in [-0.05, 0) is 38.3 Å². The molecule has 1 fully saturated rings. The number of alkyl halides is 3. The molecular weight excluding hydrogens is 771 g/mol. The van der Waals surface area contributed by atoms with Crippen LogP contribution in [-0.4, -0.2) is 132 Å². The summed E-state index contributed by atoms with van der Waals surface area (Å²) in [5, 5.41) is 25.0. The largest absolute Gasteiger partial charge is 0.504 e. The number of aromatic nitrogens is 2. The molecule has 3 N–H and O–H groups in total. The zero-order chi connectivity index (χ0) is 42.3. The summed E-state index contributed by atoms with van der Waals surface area (Å²) < 4.78 is 43.7. The first-order valence-electron chi connectivity index (χ1n) is 18.3. The molecule has 0 atom stereocenters. The van der Waals surface area contributed by atoms with Crippen molar-refractivity contribution in [3.05, 3.63) is 69.1 Å². The highest BCUT2D eigenvalue weighted by molar-refractivity contribution is 6.33. The van der Waals surface area contributed by atoms with Crippen LogP contribution in [0.4, 0.5) is 18.9 Å². The van der Waals surface area contributed by atoms with Gasteiger partial charge in [0.15, 0.2) is 5.76 Å². The van der Waals surface area contributed by atoms with Crippen molar-refractivity contribution in [1.29, 1.82) is 0 Å². The number of piperazine rings is 1. The number of allylic oxidation sites excluding steroid dienone is 2. The molecule has 5 heterocycles. The third kappa shape index (κ3) is 11.6. The van der Waals surface area contributed by atoms with Crippen molar-refractivity contribution in [3.8, 4) is 0 Å². The molecule has 0 spiro atoms. The Labute approximate surface area is 335 Å². The van der Waals surface area contributed by atoms with Crippen LogP contribution in [-0.2, 0) is 45.0 Å². The third-order valence-electron chi connectivity index (χ3n) is 9.02. The molecule has 2 amide bonds. The summed E-state index contributed by atoms with van der Waals surface area (Å²) in [5.41, 5.74) is 3.87. The topological polar surface area (TPSA) is 173 Å². The molecule has 16 nitrogen and oxygen atoms in total. The maximum atomic E-state index is 13.0. The van der Waals surface area contributed by atoms with Crippen molar-refractivity contribution in [1.82, 2.24) is 34.8 Å². The van der Waals surface area contributed by atoms with Crippen molar-refractivity contribution >= 4 is 54.5 Å². The van der Waals surface area contributed by atoms with Crippen molar-refractivity contribution < 1.29 is 37.4 Å². The number of rotatable bonds is 9. The Morgan fingerprint density at radius 2 is 1.88 bits per heavy atom. The molecule has 2 aromatic rings. The SMILES string of the molecule is C=NCc1cnn2c1COCC2.C=NN1CN(CC=O)C(CC)=C(N2CCN(C(=O)C3=C(O)C(C)=NCN3)CC2)C1=O.CC.CNc1ccc(C(F)(F)F)cc1Cl. The highest BCUT2D eigenvalue weighted by Gasteiger charge is 2.37. The molecule has 0 radical (unpaired) electrons. The molecule has 20 heteroatoms. The molecular formula is C37H51ClF3N11O5. The monoisotopic (exact) mass is 821 g/mol. The Bertz CT molecular complexity index is 1840. The summed E-state index contributed by atoms with van der Waals surface area (Å²) in [5.74, 6) is -0.688. The summed E-state index contributed by atoms with van der Waals surface area (Å²) in [4.78, 5) is 50.1. The van der Waals surface area contributed by atoms with Gasteiger partial charge in [0.05, 0.1) is 66.7 Å². The van der Waals surface area contributed by atoms with Crippen LogP contribution in [0.25, 0.3) is 0 Å². The number of hydrogen-bond donors (Lipinski definition) is 3. The number of nitrogens with one attached hydrogen (secondary N) is 2. The number of aldehydes is 1. The predicted octanol–water partition coefficient (Wildman–Crippen LogP) is 4.50. The van der Waals surface area contributed by atoms with Gasteiger partial charge >= 0.3 is 6.18 Å². The Kier molecular flexibility index (Phi) is 17.5. The molecule has 0 aliphatic carbocycles. The number of hydrogen-bond acceptors (Lipinski definition) is 13. The minimum atomic E-state index is -4.34. The van der Waals surface area contributed by atoms with Gasteiger partial charge in [-0.15, -0.1) is 0 Å². The van der Waals surface area contributed by atoms with Gasteiger partial charge in [-0.1, -0.05) is 32.4 Å². The van der Waals surface area contributed by atoms with E-state index in [-0.39, 0.29) is 48.2 Å². The zero-order valence-corrected chi connectivity index (χ0v) is 33.7. The molecule has 4 aliphatic rings. The molecule has 1 saturated heterocycles. The lowest BCUT2D eigenvalue weighted by atomic mass is 10.1. The maximum Gasteiger partial charge on any atom is 0.416 e. The summed E-state index contributed by atoms with van der Waals surface area (Å²) in [6, 6.07) is 3.18. The minimum Gasteiger partial charge on any atom is -0.504 e. The van der Waals surface area contributed by atoms with Gasteiger partial charge in [0.25, 0.3) is 11.8 Å². The van der Waals surface area contributed by atoms with Crippen LogP contribution in [0.15, 0.2) is 62.3 Å². The average Bonchev–Trinajstić information content (AvgIpc) is 3.63. The quantitative estimate of drug-likeness (QED) is 0.242. The van der Waals surface area contributed by atoms with Gasteiger partial charge in [-0.25, -0.2) is 5.01 Å². The molecule has 1 aromatic heterocycles. The van der Waals surface area contributed by atoms with Gasteiger partial charge in [0.2, 0.25) is 0 Å². The Morgan fingerprint density at radius 1 is 1.18 bits per heavy atom. The lowest BCUT2D eigenvalue weighted by Gasteiger charge is -2.43. The number of fused-ring (bicyclic) bond motifs is 1. The number of carbonyl (C=O) groups is 3. The highest BCUT2D eigenvalue weighted by atomic mass is 35.5. The Balaban J connectivity index is 0.000000264. The number of ether oxygens (including phenoxy) is 1. The number of anilines is 1. The van der Waals surface area contributed by atoms with Crippen molar-refractivity contribution in [2.24, 2.45) is 15.1 Å². The Morgan fingerprint density at radius 3 is 2.46 bits per heavy atom. The number of hydrazone groups is 1. The van der Waals surface area contributed by atoms with Gasteiger partial charge < -0.3 is 40.0 Å². The number of benzene rings is 1. The number of carbonyl (C=O) groups excluding carboxylic acids is 3. The van der Waals surface area contributed by atoms with Gasteiger partial charge in [-0.3, -0.25) is 24.3 Å². The van der Waals surface area contributed by atoms with Crippen LogP contribution >= 0.6 is 11.6 Å². The second kappa shape index (κ2) is 21.8. The van der Waals surface area contributed by atoms with Crippen molar-refractivity contribution in [3.63, 3.8) is 0 Å². The van der Waals surface area contributed by atoms with Gasteiger partial charge in [0.1, 0.15) is 31.0 Å². The number of aliphatic hydroxyl groups is 1. The normalized spacial score (nSPS) is 16.7. The summed E-state index contributed by atoms with van der Waals surface area (Å²) in [6.07, 6.45) is -1.11. The maximum absolute atomic E-state index is 13.0. The number of aliphatic imine (C=N–C) groups is 2. The second-order valence-corrected chi connectivity index (χ2v) is 12.7. The standard InChI is InChI=1S/C19H27N7O4.C8H7ClF3N.C8H11N3O.C2H6/c1-4-14-16(19(30)26(20-3)12-25(14)9-10-27)23-5-7-24(8-6-23)18(29)15-17(28)13(2)21-11-22-15;1-13-7-3-2-5(4-6(7)9)8(10,11)12;1-9-4-7-5-10-11-2-3-12-6-8(7)11;1-2/h10,22,28H,3-9,11-12H2,1-2H3;2-4,13H,1H3;5H,1-4,6H2;1-2H3. The fourth-order valence-electron chi connectivity index (χ4n) is 6.10. The minimum absolute atomic E-state index is 0.0670. The van der Waals surface area contributed by atoms with E-state index in [1.165, 1.54) is 11.1 Å². The van der Waals surface area contributed by atoms with Crippen LogP contribution < -0.4 is 10.6 Å². The van der Waals surface area contributed by atoms with E-state index in [0.29, 0.717) is 62.8 Å². The lowest BCUT2D eigenvalue weighted by Crippen LogP contribution is -2.55. The van der Waals surface area contributed by atoms with E-state index in [0.717, 1.165) is 48.5 Å². The van der Waals surface area contributed by atoms with E-state index in [1.54, 1.807) is 18.9 Å². The second-order valence-electron chi connectivity index (χ2n) is 12.3. The summed E-state index contributed by atoms with van der Waals surface area (Å²) >= 11 is 5.57. The molecule has 0 bridgehead atoms. The number of nitrogens with zero attached hydrogens (tertiary/aromatic N) is 9. The molecule has 0 unspecified atom stereocenters. The fourth-order valence-corrected chi connectivity index (χ4v) is 6.38. The first kappa shape index (κ1) is 46.0. The van der Waals surface area contributed by atoms with E-state index >= 15 is 0 Å². The van der Waals surface area contributed by atoms with Crippen molar-refractivity contribution in [2.45, 2.75) is 60.0 Å². The summed E-state index contributed by atoms with van der Waals surface area (Å²) in [6.45, 7) is 19.7. The zero-order valence-electron chi connectivity index (χ0n) is 32.9. The van der Waals surface area contributed by atoms with Crippen LogP contribution in [0.2, 0.25) is 5.02 Å². The molecule has 312 valence electrons. The first-order valence-corrected chi connectivity index (χ1v) is 18.7. The average molecular weight is 822 g/mol. The summed E-state index contributed by atoms with van der Waals surface area (Å²) in [7, 11) is 1.59. The van der Waals surface area contributed by atoms with E-state index in [1.807, 2.05) is 41.4 Å².